The van der Waals surface area contributed by atoms with E-state index in [1.54, 1.807) is 0 Å². The summed E-state index contributed by atoms with van der Waals surface area (Å²) in [6.45, 7) is 5.29. The molecule has 0 amide bonds. The molecule has 2 aromatic rings. The lowest BCUT2D eigenvalue weighted by molar-refractivity contribution is -0.0778. The van der Waals surface area contributed by atoms with Crippen molar-refractivity contribution in [1.29, 1.82) is 0 Å². The Morgan fingerprint density at radius 2 is 2.37 bits per heavy atom. The molecular weight excluding hydrogens is 256 g/mol. The molecule has 0 unspecified atom stereocenters. The van der Waals surface area contributed by atoms with Crippen LogP contribution in [-0.2, 0) is 4.74 Å². The van der Waals surface area contributed by atoms with Crippen LogP contribution < -0.4 is 0 Å². The Balaban J connectivity index is 1.76. The Bertz CT molecular complexity index is 573. The van der Waals surface area contributed by atoms with E-state index >= 15 is 0 Å². The van der Waals surface area contributed by atoms with Crippen molar-refractivity contribution in [3.05, 3.63) is 28.8 Å². The number of rotatable bonds is 1. The van der Waals surface area contributed by atoms with Gasteiger partial charge in [-0.3, -0.25) is 0 Å². The number of aromatic nitrogens is 2. The van der Waals surface area contributed by atoms with Gasteiger partial charge in [0, 0.05) is 17.0 Å². The highest BCUT2D eigenvalue weighted by Gasteiger charge is 2.40. The van der Waals surface area contributed by atoms with Crippen LogP contribution in [0.3, 0.4) is 0 Å². The van der Waals surface area contributed by atoms with Gasteiger partial charge in [0.2, 0.25) is 0 Å². The largest absolute Gasteiger partial charge is 0.376 e. The van der Waals surface area contributed by atoms with Gasteiger partial charge in [0.25, 0.3) is 0 Å². The van der Waals surface area contributed by atoms with Crippen LogP contribution in [0.25, 0.3) is 11.3 Å². The molecule has 1 saturated heterocycles. The van der Waals surface area contributed by atoms with Crippen LogP contribution in [0.2, 0.25) is 0 Å². The standard InChI is InChI=1S/C15H18N2OS/c1-15(2)7-10(3-5-18-15)13-14-11(4-6-19-14)12-8-16-9-17(12)13/h4,6,8-10,13H,3,5,7H2,1-2H3/t10-,13-/m0/s1. The van der Waals surface area contributed by atoms with Crippen LogP contribution in [0.15, 0.2) is 24.0 Å². The Hall–Kier alpha value is -1.13. The molecule has 4 heteroatoms. The molecule has 0 N–H and O–H groups in total. The number of fused-ring (bicyclic) bond motifs is 3. The van der Waals surface area contributed by atoms with Crippen molar-refractivity contribution >= 4 is 11.3 Å². The average molecular weight is 274 g/mol. The molecule has 0 saturated carbocycles. The van der Waals surface area contributed by atoms with E-state index in [0.29, 0.717) is 12.0 Å². The van der Waals surface area contributed by atoms with Crippen LogP contribution in [0.4, 0.5) is 0 Å². The van der Waals surface area contributed by atoms with Crippen molar-refractivity contribution < 1.29 is 4.74 Å². The molecular formula is C15H18N2OS. The number of nitrogens with zero attached hydrogens (tertiary/aromatic N) is 2. The smallest absolute Gasteiger partial charge is 0.0957 e. The Kier molecular flexibility index (Phi) is 2.42. The maximum atomic E-state index is 5.87. The lowest BCUT2D eigenvalue weighted by Crippen LogP contribution is -2.37. The van der Waals surface area contributed by atoms with Crippen molar-refractivity contribution in [2.24, 2.45) is 5.92 Å². The van der Waals surface area contributed by atoms with Crippen molar-refractivity contribution in [3.63, 3.8) is 0 Å². The van der Waals surface area contributed by atoms with E-state index in [1.807, 2.05) is 23.9 Å². The summed E-state index contributed by atoms with van der Waals surface area (Å²) >= 11 is 1.89. The molecule has 2 atom stereocenters. The van der Waals surface area contributed by atoms with E-state index < -0.39 is 0 Å². The third-order valence-corrected chi connectivity index (χ3v) is 5.37. The fraction of sp³-hybridized carbons (Fsp3) is 0.533. The van der Waals surface area contributed by atoms with Gasteiger partial charge in [-0.2, -0.15) is 0 Å². The topological polar surface area (TPSA) is 27.1 Å². The van der Waals surface area contributed by atoms with Gasteiger partial charge in [0.15, 0.2) is 0 Å². The molecule has 0 bridgehead atoms. The number of thiophene rings is 1. The summed E-state index contributed by atoms with van der Waals surface area (Å²) in [7, 11) is 0. The number of hydrogen-bond acceptors (Lipinski definition) is 3. The van der Waals surface area contributed by atoms with Gasteiger partial charge in [0.05, 0.1) is 29.9 Å². The van der Waals surface area contributed by atoms with Crippen LogP contribution in [0, 0.1) is 5.92 Å². The highest BCUT2D eigenvalue weighted by molar-refractivity contribution is 7.10. The highest BCUT2D eigenvalue weighted by Crippen LogP contribution is 2.49. The molecule has 19 heavy (non-hydrogen) atoms. The Labute approximate surface area is 117 Å². The van der Waals surface area contributed by atoms with Gasteiger partial charge in [0.1, 0.15) is 0 Å². The van der Waals surface area contributed by atoms with Crippen molar-refractivity contribution in [3.8, 4) is 11.3 Å². The van der Waals surface area contributed by atoms with E-state index in [1.165, 1.54) is 16.1 Å². The minimum Gasteiger partial charge on any atom is -0.376 e. The summed E-state index contributed by atoms with van der Waals surface area (Å²) in [5, 5.41) is 2.21. The molecule has 4 rings (SSSR count). The number of ether oxygens (including phenoxy) is 1. The molecule has 0 aromatic carbocycles. The Morgan fingerprint density at radius 3 is 3.21 bits per heavy atom. The molecule has 4 heterocycles. The third kappa shape index (κ3) is 1.70. The first-order valence-corrected chi connectivity index (χ1v) is 7.77. The summed E-state index contributed by atoms with van der Waals surface area (Å²) < 4.78 is 8.24. The lowest BCUT2D eigenvalue weighted by atomic mass is 9.83. The number of hydrogen-bond donors (Lipinski definition) is 0. The Morgan fingerprint density at radius 1 is 1.47 bits per heavy atom. The SMILES string of the molecule is CC1(C)C[C@@H]([C@H]2c3sccc3-c3cncn32)CCO1. The fourth-order valence-corrected chi connectivity index (χ4v) is 4.71. The van der Waals surface area contributed by atoms with Gasteiger partial charge in [-0.15, -0.1) is 11.3 Å². The van der Waals surface area contributed by atoms with Gasteiger partial charge >= 0.3 is 0 Å². The van der Waals surface area contributed by atoms with Gasteiger partial charge in [-0.05, 0) is 44.1 Å². The number of imidazole rings is 1. The van der Waals surface area contributed by atoms with E-state index in [-0.39, 0.29) is 5.60 Å². The zero-order valence-electron chi connectivity index (χ0n) is 11.3. The van der Waals surface area contributed by atoms with E-state index in [4.69, 9.17) is 4.74 Å². The lowest BCUT2D eigenvalue weighted by Gasteiger charge is -2.38. The molecule has 0 spiro atoms. The summed E-state index contributed by atoms with van der Waals surface area (Å²) in [5.41, 5.74) is 2.67. The normalized spacial score (nSPS) is 28.1. The van der Waals surface area contributed by atoms with Crippen molar-refractivity contribution in [2.45, 2.75) is 38.3 Å². The molecule has 0 aliphatic carbocycles. The van der Waals surface area contributed by atoms with E-state index in [0.717, 1.165) is 19.4 Å². The summed E-state index contributed by atoms with van der Waals surface area (Å²) in [4.78, 5) is 5.85. The van der Waals surface area contributed by atoms with Crippen molar-refractivity contribution in [1.82, 2.24) is 9.55 Å². The summed E-state index contributed by atoms with van der Waals surface area (Å²) in [6, 6.07) is 2.70. The second-order valence-corrected chi connectivity index (χ2v) is 7.14. The molecule has 2 aliphatic rings. The van der Waals surface area contributed by atoms with Crippen LogP contribution in [0.1, 0.15) is 37.6 Å². The minimum atomic E-state index is 0.00365. The zero-order chi connectivity index (χ0) is 13.0. The second-order valence-electron chi connectivity index (χ2n) is 6.19. The monoisotopic (exact) mass is 274 g/mol. The van der Waals surface area contributed by atoms with Crippen molar-refractivity contribution in [2.75, 3.05) is 6.61 Å². The second kappa shape index (κ2) is 3.93. The van der Waals surface area contributed by atoms with E-state index in [2.05, 4.69) is 34.8 Å². The molecule has 100 valence electrons. The quantitative estimate of drug-likeness (QED) is 0.792. The molecule has 1 fully saturated rings. The first kappa shape index (κ1) is 11.7. The third-order valence-electron chi connectivity index (χ3n) is 4.39. The van der Waals surface area contributed by atoms with Crippen LogP contribution in [0.5, 0.6) is 0 Å². The summed E-state index contributed by atoms with van der Waals surface area (Å²) in [6.07, 6.45) is 6.25. The van der Waals surface area contributed by atoms with Gasteiger partial charge in [-0.25, -0.2) is 4.98 Å². The van der Waals surface area contributed by atoms with Gasteiger partial charge in [-0.1, -0.05) is 0 Å². The molecule has 2 aromatic heterocycles. The van der Waals surface area contributed by atoms with Crippen LogP contribution >= 0.6 is 11.3 Å². The van der Waals surface area contributed by atoms with Gasteiger partial charge < -0.3 is 9.30 Å². The maximum absolute atomic E-state index is 5.87. The van der Waals surface area contributed by atoms with Crippen LogP contribution in [-0.4, -0.2) is 21.8 Å². The zero-order valence-corrected chi connectivity index (χ0v) is 12.1. The molecule has 3 nitrogen and oxygen atoms in total. The predicted molar refractivity (Wildman–Crippen MR) is 76.4 cm³/mol. The average Bonchev–Trinajstić information content (AvgIpc) is 2.98. The predicted octanol–water partition coefficient (Wildman–Crippen LogP) is 3.72. The maximum Gasteiger partial charge on any atom is 0.0957 e. The molecule has 2 aliphatic heterocycles. The first-order valence-electron chi connectivity index (χ1n) is 6.89. The highest BCUT2D eigenvalue weighted by atomic mass is 32.1. The minimum absolute atomic E-state index is 0.00365. The molecule has 0 radical (unpaired) electrons. The summed E-state index contributed by atoms with van der Waals surface area (Å²) in [5.74, 6) is 0.650. The van der Waals surface area contributed by atoms with E-state index in [9.17, 15) is 0 Å². The first-order chi connectivity index (χ1) is 9.16. The fourth-order valence-electron chi connectivity index (χ4n) is 3.61.